The zero-order valence-electron chi connectivity index (χ0n) is 12.4. The summed E-state index contributed by atoms with van der Waals surface area (Å²) in [5.41, 5.74) is 2.41. The fourth-order valence-electron chi connectivity index (χ4n) is 1.89. The fraction of sp³-hybridized carbons (Fsp3) is 0.562. The molecule has 0 N–H and O–H groups in total. The van der Waals surface area contributed by atoms with Crippen molar-refractivity contribution in [1.29, 1.82) is 0 Å². The summed E-state index contributed by atoms with van der Waals surface area (Å²) in [6.07, 6.45) is 0.490. The second-order valence-electron chi connectivity index (χ2n) is 6.15. The number of rotatable bonds is 3. The van der Waals surface area contributed by atoms with Crippen LogP contribution in [-0.2, 0) is 11.2 Å². The number of carbonyl (C=O) groups excluding carboxylic acids is 1. The zero-order chi connectivity index (χ0) is 13.9. The topological polar surface area (TPSA) is 20.3 Å². The molecule has 18 heavy (non-hydrogen) atoms. The number of carbonyl (C=O) groups is 1. The third kappa shape index (κ3) is 3.59. The van der Waals surface area contributed by atoms with Crippen molar-refractivity contribution in [2.24, 2.45) is 5.41 Å². The second kappa shape index (κ2) is 5.55. The minimum absolute atomic E-state index is 0.107. The number of benzene rings is 1. The maximum absolute atomic E-state index is 12.3. The van der Waals surface area contributed by atoms with E-state index < -0.39 is 0 Å². The zero-order valence-corrected chi connectivity index (χ0v) is 12.4. The van der Waals surface area contributed by atoms with E-state index >= 15 is 0 Å². The third-order valence-corrected chi connectivity index (χ3v) is 3.83. The summed E-state index contributed by atoms with van der Waals surface area (Å²) in [6, 6.07) is 8.31. The van der Waals surface area contributed by atoms with E-state index in [0.717, 1.165) is 5.56 Å². The van der Waals surface area contributed by atoms with Gasteiger partial charge in [0.25, 0.3) is 0 Å². The van der Waals surface area contributed by atoms with Gasteiger partial charge in [0.15, 0.2) is 0 Å². The highest BCUT2D eigenvalue weighted by Crippen LogP contribution is 2.23. The van der Waals surface area contributed by atoms with E-state index in [2.05, 4.69) is 40.7 Å². The van der Waals surface area contributed by atoms with Crippen molar-refractivity contribution in [2.75, 3.05) is 7.05 Å². The molecule has 2 nitrogen and oxygen atoms in total. The van der Waals surface area contributed by atoms with Crippen LogP contribution in [0.2, 0.25) is 0 Å². The number of amides is 1. The smallest absolute Gasteiger partial charge is 0.227 e. The molecule has 1 aromatic carbocycles. The van der Waals surface area contributed by atoms with Crippen molar-refractivity contribution in [3.8, 4) is 0 Å². The molecule has 0 saturated heterocycles. The third-order valence-electron chi connectivity index (χ3n) is 3.83. The van der Waals surface area contributed by atoms with Gasteiger partial charge in [-0.05, 0) is 30.4 Å². The standard InChI is InChI=1S/C16H25NO/c1-12-9-7-8-10-14(12)11-15(18)17(6)13(2)16(3,4)5/h7-10,13H,11H2,1-6H3. The minimum atomic E-state index is 0.107. The molecular weight excluding hydrogens is 222 g/mol. The van der Waals surface area contributed by atoms with Gasteiger partial charge in [-0.3, -0.25) is 4.79 Å². The summed E-state index contributed by atoms with van der Waals surface area (Å²) in [4.78, 5) is 14.1. The average Bonchev–Trinajstić information content (AvgIpc) is 2.29. The number of aryl methyl sites for hydroxylation is 1. The SMILES string of the molecule is Cc1ccccc1CC(=O)N(C)C(C)C(C)(C)C. The molecule has 1 unspecified atom stereocenters. The first-order valence-electron chi connectivity index (χ1n) is 6.53. The predicted octanol–water partition coefficient (Wildman–Crippen LogP) is 3.43. The number of hydrogen-bond acceptors (Lipinski definition) is 1. The van der Waals surface area contributed by atoms with Crippen molar-refractivity contribution < 1.29 is 4.79 Å². The molecule has 2 heteroatoms. The number of likely N-dealkylation sites (N-methyl/N-ethyl adjacent to an activating group) is 1. The van der Waals surface area contributed by atoms with Gasteiger partial charge < -0.3 is 4.90 Å². The Labute approximate surface area is 111 Å². The Morgan fingerprint density at radius 3 is 2.33 bits per heavy atom. The Hall–Kier alpha value is -1.31. The van der Waals surface area contributed by atoms with E-state index in [4.69, 9.17) is 0 Å². The molecular formula is C16H25NO. The Kier molecular flexibility index (Phi) is 4.55. The van der Waals surface area contributed by atoms with Gasteiger partial charge in [-0.2, -0.15) is 0 Å². The number of nitrogens with zero attached hydrogens (tertiary/aromatic N) is 1. The first-order chi connectivity index (χ1) is 8.23. The van der Waals surface area contributed by atoms with Crippen LogP contribution in [0.5, 0.6) is 0 Å². The minimum Gasteiger partial charge on any atom is -0.342 e. The molecule has 0 bridgehead atoms. The van der Waals surface area contributed by atoms with Gasteiger partial charge in [0, 0.05) is 13.1 Å². The van der Waals surface area contributed by atoms with Crippen LogP contribution in [0.3, 0.4) is 0 Å². The second-order valence-corrected chi connectivity index (χ2v) is 6.15. The maximum Gasteiger partial charge on any atom is 0.227 e. The molecule has 1 aromatic rings. The molecule has 0 saturated carbocycles. The lowest BCUT2D eigenvalue weighted by Gasteiger charge is -2.35. The van der Waals surface area contributed by atoms with Crippen LogP contribution in [-0.4, -0.2) is 23.9 Å². The van der Waals surface area contributed by atoms with E-state index in [1.807, 2.05) is 30.1 Å². The molecule has 100 valence electrons. The van der Waals surface area contributed by atoms with Crippen LogP contribution in [0.25, 0.3) is 0 Å². The lowest BCUT2D eigenvalue weighted by Crippen LogP contribution is -2.43. The van der Waals surface area contributed by atoms with Gasteiger partial charge in [-0.15, -0.1) is 0 Å². The van der Waals surface area contributed by atoms with Crippen LogP contribution >= 0.6 is 0 Å². The summed E-state index contributed by atoms with van der Waals surface area (Å²) in [5.74, 6) is 0.187. The molecule has 0 fully saturated rings. The van der Waals surface area contributed by atoms with Crippen molar-refractivity contribution in [2.45, 2.75) is 47.1 Å². The molecule has 0 aliphatic carbocycles. The van der Waals surface area contributed by atoms with E-state index in [0.29, 0.717) is 6.42 Å². The van der Waals surface area contributed by atoms with Crippen LogP contribution in [0, 0.1) is 12.3 Å². The maximum atomic E-state index is 12.3. The highest BCUT2D eigenvalue weighted by atomic mass is 16.2. The predicted molar refractivity (Wildman–Crippen MR) is 76.6 cm³/mol. The summed E-state index contributed by atoms with van der Waals surface area (Å²) in [6.45, 7) is 10.6. The highest BCUT2D eigenvalue weighted by molar-refractivity contribution is 5.79. The largest absolute Gasteiger partial charge is 0.342 e. The normalized spacial score (nSPS) is 13.2. The van der Waals surface area contributed by atoms with Crippen LogP contribution < -0.4 is 0 Å². The van der Waals surface area contributed by atoms with Gasteiger partial charge in [0.2, 0.25) is 5.91 Å². The van der Waals surface area contributed by atoms with Crippen LogP contribution in [0.1, 0.15) is 38.8 Å². The Morgan fingerprint density at radius 2 is 1.83 bits per heavy atom. The first-order valence-corrected chi connectivity index (χ1v) is 6.53. The molecule has 1 amide bonds. The van der Waals surface area contributed by atoms with E-state index in [-0.39, 0.29) is 17.4 Å². The van der Waals surface area contributed by atoms with Crippen molar-refractivity contribution in [3.63, 3.8) is 0 Å². The molecule has 0 aromatic heterocycles. The highest BCUT2D eigenvalue weighted by Gasteiger charge is 2.26. The fourth-order valence-corrected chi connectivity index (χ4v) is 1.89. The van der Waals surface area contributed by atoms with Crippen molar-refractivity contribution in [3.05, 3.63) is 35.4 Å². The van der Waals surface area contributed by atoms with E-state index in [9.17, 15) is 4.79 Å². The Morgan fingerprint density at radius 1 is 1.28 bits per heavy atom. The number of hydrogen-bond donors (Lipinski definition) is 0. The van der Waals surface area contributed by atoms with Gasteiger partial charge in [-0.25, -0.2) is 0 Å². The monoisotopic (exact) mass is 247 g/mol. The summed E-state index contributed by atoms with van der Waals surface area (Å²) in [7, 11) is 1.90. The van der Waals surface area contributed by atoms with E-state index in [1.165, 1.54) is 5.56 Å². The average molecular weight is 247 g/mol. The quantitative estimate of drug-likeness (QED) is 0.801. The lowest BCUT2D eigenvalue weighted by atomic mass is 9.87. The summed E-state index contributed by atoms with van der Waals surface area (Å²) >= 11 is 0. The van der Waals surface area contributed by atoms with Gasteiger partial charge in [0.05, 0.1) is 6.42 Å². The molecule has 0 spiro atoms. The van der Waals surface area contributed by atoms with Crippen molar-refractivity contribution in [1.82, 2.24) is 4.90 Å². The van der Waals surface area contributed by atoms with E-state index in [1.54, 1.807) is 0 Å². The van der Waals surface area contributed by atoms with Gasteiger partial charge in [0.1, 0.15) is 0 Å². The molecule has 0 radical (unpaired) electrons. The van der Waals surface area contributed by atoms with Crippen LogP contribution in [0.15, 0.2) is 24.3 Å². The molecule has 1 rings (SSSR count). The van der Waals surface area contributed by atoms with Gasteiger partial charge in [-0.1, -0.05) is 45.0 Å². The Balaban J connectivity index is 2.75. The molecule has 0 heterocycles. The van der Waals surface area contributed by atoms with Crippen LogP contribution in [0.4, 0.5) is 0 Å². The van der Waals surface area contributed by atoms with Crippen molar-refractivity contribution >= 4 is 5.91 Å². The molecule has 0 aliphatic rings. The summed E-state index contributed by atoms with van der Waals surface area (Å²) < 4.78 is 0. The first kappa shape index (κ1) is 14.7. The summed E-state index contributed by atoms with van der Waals surface area (Å²) in [5, 5.41) is 0. The molecule has 0 aliphatic heterocycles. The van der Waals surface area contributed by atoms with Gasteiger partial charge >= 0.3 is 0 Å². The molecule has 1 atom stereocenters. The lowest BCUT2D eigenvalue weighted by molar-refractivity contribution is -0.132. The Bertz CT molecular complexity index is 417.